The van der Waals surface area contributed by atoms with Gasteiger partial charge in [-0.05, 0) is 28.5 Å². The molecule has 0 aliphatic heterocycles. The summed E-state index contributed by atoms with van der Waals surface area (Å²) in [5.74, 6) is -0.916. The van der Waals surface area contributed by atoms with Gasteiger partial charge in [0.2, 0.25) is 14.8 Å². The molecule has 1 aromatic heterocycles. The largest absolute Gasteiger partial charge is 0.485 e. The summed E-state index contributed by atoms with van der Waals surface area (Å²) in [7, 11) is 1.59. The van der Waals surface area contributed by atoms with Crippen molar-refractivity contribution in [1.29, 1.82) is 0 Å². The molecule has 112 valence electrons. The number of halogens is 1. The average Bonchev–Trinajstić information content (AvgIpc) is 2.34. The van der Waals surface area contributed by atoms with Crippen LogP contribution in [-0.2, 0) is 9.05 Å². The van der Waals surface area contributed by atoms with Crippen LogP contribution in [0.4, 0.5) is 5.82 Å². The lowest BCUT2D eigenvalue weighted by Crippen LogP contribution is -2.20. The molecule has 0 N–H and O–H groups in total. The first kappa shape index (κ1) is 16.6. The Labute approximate surface area is 121 Å². The summed E-state index contributed by atoms with van der Waals surface area (Å²) in [5.41, 5.74) is 0. The second-order valence-electron chi connectivity index (χ2n) is 4.25. The van der Waals surface area contributed by atoms with E-state index in [1.807, 2.05) is 6.92 Å². The van der Waals surface area contributed by atoms with Crippen LogP contribution in [0.1, 0.15) is 19.8 Å². The predicted molar refractivity (Wildman–Crippen MR) is 74.4 cm³/mol. The maximum absolute atomic E-state index is 11.1. The monoisotopic (exact) mass is 322 g/mol. The Morgan fingerprint density at radius 2 is 2.25 bits per heavy atom. The van der Waals surface area contributed by atoms with Crippen molar-refractivity contribution in [2.75, 3.05) is 12.4 Å². The molecule has 9 heteroatoms. The van der Waals surface area contributed by atoms with E-state index >= 15 is 0 Å². The Kier molecular flexibility index (Phi) is 6.15. The smallest absolute Gasteiger partial charge is 0.406 e. The van der Waals surface area contributed by atoms with E-state index < -0.39 is 19.8 Å². The molecule has 1 unspecified atom stereocenters. The maximum atomic E-state index is 11.1. The van der Waals surface area contributed by atoms with Gasteiger partial charge in [0.25, 0.3) is 0 Å². The lowest BCUT2D eigenvalue weighted by molar-refractivity contribution is -0.390. The summed E-state index contributed by atoms with van der Waals surface area (Å²) in [6.07, 6.45) is 2.65. The maximum Gasteiger partial charge on any atom is 0.406 e. The van der Waals surface area contributed by atoms with E-state index in [0.717, 1.165) is 6.42 Å². The molecule has 20 heavy (non-hydrogen) atoms. The molecule has 0 saturated heterocycles. The van der Waals surface area contributed by atoms with E-state index in [9.17, 15) is 18.5 Å². The third kappa shape index (κ3) is 5.70. The van der Waals surface area contributed by atoms with Gasteiger partial charge in [-0.3, -0.25) is 0 Å². The molecule has 0 amide bonds. The van der Waals surface area contributed by atoms with Crippen LogP contribution in [0, 0.1) is 16.0 Å². The summed E-state index contributed by atoms with van der Waals surface area (Å²) in [6, 6.07) is 2.93. The summed E-state index contributed by atoms with van der Waals surface area (Å²) < 4.78 is 27.5. The number of ether oxygens (including phenoxy) is 1. The number of pyridine rings is 1. The Morgan fingerprint density at radius 1 is 1.55 bits per heavy atom. The fourth-order valence-corrected chi connectivity index (χ4v) is 3.10. The van der Waals surface area contributed by atoms with E-state index in [0.29, 0.717) is 6.42 Å². The molecule has 1 heterocycles. The van der Waals surface area contributed by atoms with Crippen LogP contribution in [0.15, 0.2) is 18.3 Å². The lowest BCUT2D eigenvalue weighted by atomic mass is 10.1. The highest BCUT2D eigenvalue weighted by Gasteiger charge is 2.20. The number of rotatable bonds is 8. The van der Waals surface area contributed by atoms with Crippen molar-refractivity contribution in [3.05, 3.63) is 28.4 Å². The molecule has 1 aromatic rings. The van der Waals surface area contributed by atoms with Crippen LogP contribution < -0.4 is 4.74 Å². The highest BCUT2D eigenvalue weighted by molar-refractivity contribution is 8.13. The number of nitro groups is 1. The van der Waals surface area contributed by atoms with Gasteiger partial charge < -0.3 is 14.9 Å². The third-order valence-corrected chi connectivity index (χ3v) is 3.78. The fraction of sp³-hybridized carbons (Fsp3) is 0.545. The molecule has 0 aromatic carbocycles. The van der Waals surface area contributed by atoms with Crippen LogP contribution in [0.3, 0.4) is 0 Å². The van der Waals surface area contributed by atoms with Crippen LogP contribution in [0.5, 0.6) is 5.75 Å². The average molecular weight is 323 g/mol. The normalized spacial score (nSPS) is 12.9. The predicted octanol–water partition coefficient (Wildman–Crippen LogP) is 2.35. The molecule has 0 spiro atoms. The highest BCUT2D eigenvalue weighted by Crippen LogP contribution is 2.24. The molecular formula is C11H15ClN2O5S. The van der Waals surface area contributed by atoms with Gasteiger partial charge in [-0.2, -0.15) is 0 Å². The zero-order valence-corrected chi connectivity index (χ0v) is 12.4. The zero-order chi connectivity index (χ0) is 15.2. The van der Waals surface area contributed by atoms with Crippen molar-refractivity contribution in [3.63, 3.8) is 0 Å². The minimum Gasteiger partial charge on any atom is -0.485 e. The standard InChI is InChI=1S/C11H15ClN2O5S/c1-2-4-9(8-20(12,17)18)7-19-10-5-3-6-13-11(10)14(15)16/h3,5-6,9H,2,4,7-8H2,1H3. The van der Waals surface area contributed by atoms with Crippen molar-refractivity contribution in [2.24, 2.45) is 5.92 Å². The second-order valence-corrected chi connectivity index (χ2v) is 7.08. The van der Waals surface area contributed by atoms with Crippen molar-refractivity contribution in [1.82, 2.24) is 4.98 Å². The summed E-state index contributed by atoms with van der Waals surface area (Å²) in [5, 5.41) is 10.8. The molecule has 0 saturated carbocycles. The Morgan fingerprint density at radius 3 is 2.80 bits per heavy atom. The van der Waals surface area contributed by atoms with E-state index in [4.69, 9.17) is 15.4 Å². The molecule has 7 nitrogen and oxygen atoms in total. The van der Waals surface area contributed by atoms with E-state index in [1.54, 1.807) is 0 Å². The van der Waals surface area contributed by atoms with Crippen molar-refractivity contribution < 1.29 is 18.1 Å². The second kappa shape index (κ2) is 7.39. The first-order valence-corrected chi connectivity index (χ1v) is 8.46. The first-order valence-electron chi connectivity index (χ1n) is 5.98. The first-order chi connectivity index (χ1) is 9.33. The molecule has 0 aliphatic carbocycles. The fourth-order valence-electron chi connectivity index (χ4n) is 1.74. The van der Waals surface area contributed by atoms with Crippen LogP contribution >= 0.6 is 10.7 Å². The molecule has 0 aliphatic rings. The van der Waals surface area contributed by atoms with Gasteiger partial charge in [0, 0.05) is 16.6 Å². The van der Waals surface area contributed by atoms with Gasteiger partial charge in [0.15, 0.2) is 0 Å². The SMILES string of the molecule is CCCC(COc1cccnc1[N+](=O)[O-])CS(=O)(=O)Cl. The molecule has 0 bridgehead atoms. The summed E-state index contributed by atoms with van der Waals surface area (Å²) in [4.78, 5) is 13.7. The Bertz CT molecular complexity index is 564. The molecule has 0 fully saturated rings. The number of aromatic nitrogens is 1. The minimum atomic E-state index is -3.63. The van der Waals surface area contributed by atoms with Gasteiger partial charge in [0.05, 0.1) is 12.4 Å². The van der Waals surface area contributed by atoms with Gasteiger partial charge in [0.1, 0.15) is 6.20 Å². The topological polar surface area (TPSA) is 99.4 Å². The summed E-state index contributed by atoms with van der Waals surface area (Å²) >= 11 is 0. The molecule has 0 radical (unpaired) electrons. The van der Waals surface area contributed by atoms with Crippen molar-refractivity contribution in [2.45, 2.75) is 19.8 Å². The Hall–Kier alpha value is -1.41. The quantitative estimate of drug-likeness (QED) is 0.414. The van der Waals surface area contributed by atoms with Crippen molar-refractivity contribution >= 4 is 25.6 Å². The third-order valence-electron chi connectivity index (χ3n) is 2.53. The highest BCUT2D eigenvalue weighted by atomic mass is 35.7. The van der Waals surface area contributed by atoms with E-state index in [-0.39, 0.29) is 24.0 Å². The van der Waals surface area contributed by atoms with Gasteiger partial charge in [-0.25, -0.2) is 8.42 Å². The van der Waals surface area contributed by atoms with Crippen LogP contribution in [0.25, 0.3) is 0 Å². The summed E-state index contributed by atoms with van der Waals surface area (Å²) in [6.45, 7) is 1.94. The number of nitrogens with zero attached hydrogens (tertiary/aromatic N) is 2. The van der Waals surface area contributed by atoms with Gasteiger partial charge in [-0.1, -0.05) is 13.3 Å². The number of hydrogen-bond acceptors (Lipinski definition) is 6. The molecular weight excluding hydrogens is 308 g/mol. The van der Waals surface area contributed by atoms with Crippen molar-refractivity contribution in [3.8, 4) is 5.75 Å². The minimum absolute atomic E-state index is 0.0190. The van der Waals surface area contributed by atoms with Gasteiger partial charge >= 0.3 is 5.82 Å². The van der Waals surface area contributed by atoms with Crippen LogP contribution in [0.2, 0.25) is 0 Å². The number of hydrogen-bond donors (Lipinski definition) is 0. The van der Waals surface area contributed by atoms with E-state index in [2.05, 4.69) is 4.98 Å². The lowest BCUT2D eigenvalue weighted by Gasteiger charge is -2.15. The van der Waals surface area contributed by atoms with Gasteiger partial charge in [-0.15, -0.1) is 0 Å². The van der Waals surface area contributed by atoms with E-state index in [1.165, 1.54) is 18.3 Å². The molecule has 1 rings (SSSR count). The zero-order valence-electron chi connectivity index (χ0n) is 10.9. The molecule has 1 atom stereocenters. The van der Waals surface area contributed by atoms with Crippen LogP contribution in [-0.4, -0.2) is 30.7 Å². The Balaban J connectivity index is 2.75.